The van der Waals surface area contributed by atoms with Crippen LogP contribution in [0.5, 0.6) is 5.75 Å². The number of ether oxygens (including phenoxy) is 1. The highest BCUT2D eigenvalue weighted by Gasteiger charge is 2.22. The van der Waals surface area contributed by atoms with Crippen molar-refractivity contribution < 1.29 is 19.0 Å². The van der Waals surface area contributed by atoms with Crippen LogP contribution in [0.2, 0.25) is 0 Å². The number of hydrogen-bond donors (Lipinski definition) is 3. The Morgan fingerprint density at radius 1 is 1.35 bits per heavy atom. The Hall–Kier alpha value is -3.42. The number of carbonyl (C=O) groups is 1. The number of carboxylic acids is 1. The van der Waals surface area contributed by atoms with Gasteiger partial charge in [-0.25, -0.2) is 14.2 Å². The van der Waals surface area contributed by atoms with E-state index in [0.717, 1.165) is 28.5 Å². The van der Waals surface area contributed by atoms with Crippen molar-refractivity contribution in [1.82, 2.24) is 15.2 Å². The molecule has 0 aliphatic carbocycles. The third-order valence-corrected chi connectivity index (χ3v) is 4.20. The third kappa shape index (κ3) is 2.97. The molecule has 3 aromatic rings. The maximum absolute atomic E-state index is 13.6. The number of halogens is 1. The molecular formula is C18H15FN4O3. The summed E-state index contributed by atoms with van der Waals surface area (Å²) in [5.41, 5.74) is 3.13. The average molecular weight is 354 g/mol. The molecule has 7 nitrogen and oxygen atoms in total. The molecule has 0 amide bonds. The number of hydrogen-bond acceptors (Lipinski definition) is 5. The van der Waals surface area contributed by atoms with Crippen molar-refractivity contribution in [3.05, 3.63) is 59.3 Å². The van der Waals surface area contributed by atoms with Gasteiger partial charge in [-0.1, -0.05) is 0 Å². The number of aromatic amines is 1. The summed E-state index contributed by atoms with van der Waals surface area (Å²) < 4.78 is 19.4. The molecule has 0 unspecified atom stereocenters. The minimum Gasteiger partial charge on any atom is -0.492 e. The Kier molecular flexibility index (Phi) is 4.00. The smallest absolute Gasteiger partial charge is 0.335 e. The van der Waals surface area contributed by atoms with Gasteiger partial charge in [0.25, 0.3) is 0 Å². The number of pyridine rings is 1. The van der Waals surface area contributed by atoms with Gasteiger partial charge in [-0.05, 0) is 23.8 Å². The minimum atomic E-state index is -1.16. The number of aromatic carboxylic acids is 1. The summed E-state index contributed by atoms with van der Waals surface area (Å²) in [5.74, 6) is -0.346. The number of benzene rings is 1. The van der Waals surface area contributed by atoms with Crippen molar-refractivity contribution in [1.29, 1.82) is 0 Å². The number of nitrogens with one attached hydrogen (secondary N) is 2. The van der Waals surface area contributed by atoms with Gasteiger partial charge in [-0.15, -0.1) is 0 Å². The Morgan fingerprint density at radius 2 is 2.23 bits per heavy atom. The summed E-state index contributed by atoms with van der Waals surface area (Å²) in [6, 6.07) is 3.74. The summed E-state index contributed by atoms with van der Waals surface area (Å²) >= 11 is 0. The highest BCUT2D eigenvalue weighted by Crippen LogP contribution is 2.39. The molecule has 3 N–H and O–H groups in total. The van der Waals surface area contributed by atoms with E-state index in [-0.39, 0.29) is 12.1 Å². The average Bonchev–Trinajstić information content (AvgIpc) is 3.31. The van der Waals surface area contributed by atoms with E-state index in [2.05, 4.69) is 20.5 Å². The molecule has 3 heterocycles. The molecule has 0 radical (unpaired) electrons. The fourth-order valence-electron chi connectivity index (χ4n) is 3.01. The van der Waals surface area contributed by atoms with Crippen LogP contribution in [0, 0.1) is 5.82 Å². The van der Waals surface area contributed by atoms with E-state index in [1.54, 1.807) is 18.6 Å². The molecule has 8 heteroatoms. The first kappa shape index (κ1) is 16.1. The van der Waals surface area contributed by atoms with Gasteiger partial charge in [0.2, 0.25) is 0 Å². The summed E-state index contributed by atoms with van der Waals surface area (Å²) in [4.78, 5) is 15.5. The zero-order chi connectivity index (χ0) is 18.1. The van der Waals surface area contributed by atoms with E-state index < -0.39 is 11.8 Å². The molecule has 1 aliphatic heterocycles. The number of anilines is 1. The monoisotopic (exact) mass is 354 g/mol. The SMILES string of the molecule is O=C(O)c1cc(F)cc(CNc2ncc(-c3cn[nH]c3)c3c2CCO3)c1. The molecule has 26 heavy (non-hydrogen) atoms. The van der Waals surface area contributed by atoms with Gasteiger partial charge < -0.3 is 15.2 Å². The molecule has 0 saturated heterocycles. The lowest BCUT2D eigenvalue weighted by Gasteiger charge is -2.12. The van der Waals surface area contributed by atoms with Gasteiger partial charge in [-0.3, -0.25) is 5.10 Å². The summed E-state index contributed by atoms with van der Waals surface area (Å²) in [6.07, 6.45) is 5.88. The fraction of sp³-hybridized carbons (Fsp3) is 0.167. The van der Waals surface area contributed by atoms with Crippen LogP contribution >= 0.6 is 0 Å². The molecule has 1 aromatic carbocycles. The fourth-order valence-corrected chi connectivity index (χ4v) is 3.01. The van der Waals surface area contributed by atoms with Gasteiger partial charge in [0.15, 0.2) is 0 Å². The van der Waals surface area contributed by atoms with E-state index in [1.807, 2.05) is 0 Å². The highest BCUT2D eigenvalue weighted by molar-refractivity contribution is 5.87. The van der Waals surface area contributed by atoms with Crippen molar-refractivity contribution in [2.75, 3.05) is 11.9 Å². The zero-order valence-electron chi connectivity index (χ0n) is 13.6. The maximum atomic E-state index is 13.6. The maximum Gasteiger partial charge on any atom is 0.335 e. The number of carboxylic acid groups (broad SMARTS) is 1. The number of rotatable bonds is 5. The van der Waals surface area contributed by atoms with Crippen molar-refractivity contribution in [2.45, 2.75) is 13.0 Å². The molecule has 0 fully saturated rings. The second-order valence-electron chi connectivity index (χ2n) is 5.92. The van der Waals surface area contributed by atoms with Crippen LogP contribution in [0.4, 0.5) is 10.2 Å². The predicted octanol–water partition coefficient (Wildman–Crippen LogP) is 2.86. The normalized spacial score (nSPS) is 12.5. The van der Waals surface area contributed by atoms with E-state index in [9.17, 15) is 9.18 Å². The second kappa shape index (κ2) is 6.47. The van der Waals surface area contributed by atoms with Crippen LogP contribution in [0.15, 0.2) is 36.8 Å². The molecule has 0 bridgehead atoms. The molecule has 0 atom stereocenters. The number of aromatic nitrogens is 3. The van der Waals surface area contributed by atoms with E-state index in [0.29, 0.717) is 24.4 Å². The lowest BCUT2D eigenvalue weighted by Crippen LogP contribution is -2.06. The van der Waals surface area contributed by atoms with Gasteiger partial charge in [0.05, 0.1) is 18.4 Å². The largest absolute Gasteiger partial charge is 0.492 e. The Balaban J connectivity index is 1.60. The third-order valence-electron chi connectivity index (χ3n) is 4.20. The summed E-state index contributed by atoms with van der Waals surface area (Å²) in [6.45, 7) is 0.812. The van der Waals surface area contributed by atoms with Crippen LogP contribution in [-0.2, 0) is 13.0 Å². The molecule has 2 aromatic heterocycles. The quantitative estimate of drug-likeness (QED) is 0.651. The van der Waals surface area contributed by atoms with E-state index >= 15 is 0 Å². The van der Waals surface area contributed by atoms with Crippen LogP contribution in [0.1, 0.15) is 21.5 Å². The Labute approximate surface area is 147 Å². The predicted molar refractivity (Wildman–Crippen MR) is 91.7 cm³/mol. The van der Waals surface area contributed by atoms with Gasteiger partial charge in [0, 0.05) is 42.0 Å². The van der Waals surface area contributed by atoms with Crippen molar-refractivity contribution in [3.63, 3.8) is 0 Å². The van der Waals surface area contributed by atoms with E-state index in [1.165, 1.54) is 12.1 Å². The first-order valence-electron chi connectivity index (χ1n) is 8.02. The second-order valence-corrected chi connectivity index (χ2v) is 5.92. The number of nitrogens with zero attached hydrogens (tertiary/aromatic N) is 2. The first-order valence-corrected chi connectivity index (χ1v) is 8.02. The molecule has 1 aliphatic rings. The van der Waals surface area contributed by atoms with Gasteiger partial charge in [0.1, 0.15) is 17.4 Å². The molecule has 132 valence electrons. The van der Waals surface area contributed by atoms with Crippen LogP contribution in [-0.4, -0.2) is 32.9 Å². The minimum absolute atomic E-state index is 0.0846. The topological polar surface area (TPSA) is 100 Å². The van der Waals surface area contributed by atoms with Gasteiger partial charge in [-0.2, -0.15) is 5.10 Å². The Bertz CT molecular complexity index is 973. The Morgan fingerprint density at radius 3 is 3.00 bits per heavy atom. The lowest BCUT2D eigenvalue weighted by atomic mass is 10.1. The first-order chi connectivity index (χ1) is 12.6. The zero-order valence-corrected chi connectivity index (χ0v) is 13.6. The van der Waals surface area contributed by atoms with Crippen molar-refractivity contribution in [3.8, 4) is 16.9 Å². The lowest BCUT2D eigenvalue weighted by molar-refractivity contribution is 0.0696. The molecular weight excluding hydrogens is 339 g/mol. The molecule has 4 rings (SSSR count). The number of fused-ring (bicyclic) bond motifs is 1. The molecule has 0 saturated carbocycles. The van der Waals surface area contributed by atoms with Crippen LogP contribution < -0.4 is 10.1 Å². The summed E-state index contributed by atoms with van der Waals surface area (Å²) in [5, 5.41) is 18.9. The molecule has 0 spiro atoms. The van der Waals surface area contributed by atoms with Crippen LogP contribution in [0.3, 0.4) is 0 Å². The summed E-state index contributed by atoms with van der Waals surface area (Å²) in [7, 11) is 0. The van der Waals surface area contributed by atoms with Crippen molar-refractivity contribution in [2.24, 2.45) is 0 Å². The van der Waals surface area contributed by atoms with Crippen LogP contribution in [0.25, 0.3) is 11.1 Å². The van der Waals surface area contributed by atoms with Gasteiger partial charge >= 0.3 is 5.97 Å². The standard InChI is InChI=1S/C18H15FN4O3/c19-13-4-10(3-11(5-13)18(24)25)6-20-17-14-1-2-26-16(14)15(9-21-17)12-7-22-23-8-12/h3-5,7-9H,1-2,6H2,(H,20,21)(H,22,23)(H,24,25). The van der Waals surface area contributed by atoms with Crippen molar-refractivity contribution >= 4 is 11.8 Å². The number of H-pyrrole nitrogens is 1. The highest BCUT2D eigenvalue weighted by atomic mass is 19.1. The van der Waals surface area contributed by atoms with E-state index in [4.69, 9.17) is 9.84 Å².